The molecule has 0 aliphatic carbocycles. The monoisotopic (exact) mass is 223 g/mol. The van der Waals surface area contributed by atoms with Gasteiger partial charge in [-0.2, -0.15) is 0 Å². The zero-order valence-corrected chi connectivity index (χ0v) is 8.50. The van der Waals surface area contributed by atoms with Crippen molar-refractivity contribution in [1.82, 2.24) is 0 Å². The summed E-state index contributed by atoms with van der Waals surface area (Å²) in [6.07, 6.45) is 0.654. The molecule has 0 amide bonds. The molecule has 0 atom stereocenters. The molecule has 16 heavy (non-hydrogen) atoms. The Labute approximate surface area is 91.0 Å². The molecule has 6 heteroatoms. The van der Waals surface area contributed by atoms with Gasteiger partial charge in [0, 0.05) is 0 Å². The van der Waals surface area contributed by atoms with Crippen molar-refractivity contribution in [3.05, 3.63) is 33.4 Å². The van der Waals surface area contributed by atoms with E-state index >= 15 is 0 Å². The van der Waals surface area contributed by atoms with Gasteiger partial charge in [-0.25, -0.2) is 0 Å². The Hall–Kier alpha value is -2.24. The Bertz CT molecular complexity index is 412. The van der Waals surface area contributed by atoms with Crippen molar-refractivity contribution >= 4 is 18.3 Å². The average molecular weight is 223 g/mol. The summed E-state index contributed by atoms with van der Waals surface area (Å²) in [6, 6.07) is 2.48. The summed E-state index contributed by atoms with van der Waals surface area (Å²) in [6.45, 7) is 2.07. The van der Waals surface area contributed by atoms with E-state index < -0.39 is 10.6 Å². The lowest BCUT2D eigenvalue weighted by molar-refractivity contribution is -0.385. The fourth-order valence-corrected chi connectivity index (χ4v) is 1.29. The van der Waals surface area contributed by atoms with E-state index in [0.29, 0.717) is 19.2 Å². The van der Waals surface area contributed by atoms with Crippen LogP contribution in [0.25, 0.3) is 0 Å². The molecule has 1 rings (SSSR count). The molecule has 0 bridgehead atoms. The molecule has 0 saturated heterocycles. The number of hydrogen-bond donors (Lipinski definition) is 0. The molecule has 84 valence electrons. The number of nitro benzene ring substituents is 1. The molecule has 0 N–H and O–H groups in total. The van der Waals surface area contributed by atoms with Gasteiger partial charge in [0.15, 0.2) is 12.6 Å². The highest BCUT2D eigenvalue weighted by Crippen LogP contribution is 2.27. The quantitative estimate of drug-likeness (QED) is 0.430. The minimum Gasteiger partial charge on any atom is -0.494 e. The highest BCUT2D eigenvalue weighted by atomic mass is 16.6. The van der Waals surface area contributed by atoms with E-state index in [4.69, 9.17) is 4.74 Å². The maximum Gasteiger partial charge on any atom is 0.290 e. The van der Waals surface area contributed by atoms with Gasteiger partial charge in [0.05, 0.1) is 22.7 Å². The van der Waals surface area contributed by atoms with Crippen molar-refractivity contribution in [1.29, 1.82) is 0 Å². The Morgan fingerprint density at radius 2 is 1.81 bits per heavy atom. The van der Waals surface area contributed by atoms with Crippen molar-refractivity contribution in [2.75, 3.05) is 6.61 Å². The SMILES string of the molecule is CCOc1cc(C=O)c([N+](=O)[O-])c(C=O)c1. The Morgan fingerprint density at radius 3 is 2.12 bits per heavy atom. The van der Waals surface area contributed by atoms with Gasteiger partial charge in [0.1, 0.15) is 5.75 Å². The first kappa shape index (κ1) is 11.8. The standard InChI is InChI=1S/C10H9NO5/c1-2-16-9-3-7(5-12)10(11(14)15)8(4-9)6-13/h3-6H,2H2,1H3. The van der Waals surface area contributed by atoms with Gasteiger partial charge in [0.2, 0.25) is 0 Å². The van der Waals surface area contributed by atoms with Gasteiger partial charge in [-0.15, -0.1) is 0 Å². The van der Waals surface area contributed by atoms with Gasteiger partial charge in [-0.05, 0) is 19.1 Å². The predicted octanol–water partition coefficient (Wildman–Crippen LogP) is 1.62. The lowest BCUT2D eigenvalue weighted by Crippen LogP contribution is -2.01. The van der Waals surface area contributed by atoms with E-state index in [2.05, 4.69) is 0 Å². The van der Waals surface area contributed by atoms with Crippen molar-refractivity contribution in [2.24, 2.45) is 0 Å². The second-order valence-corrected chi connectivity index (χ2v) is 2.88. The highest BCUT2D eigenvalue weighted by Gasteiger charge is 2.20. The van der Waals surface area contributed by atoms with Gasteiger partial charge < -0.3 is 4.74 Å². The van der Waals surface area contributed by atoms with Crippen LogP contribution in [0.4, 0.5) is 5.69 Å². The molecule has 0 unspecified atom stereocenters. The van der Waals surface area contributed by atoms with Crippen LogP contribution in [0.15, 0.2) is 12.1 Å². The molecule has 0 heterocycles. The second-order valence-electron chi connectivity index (χ2n) is 2.88. The first-order valence-electron chi connectivity index (χ1n) is 4.49. The van der Waals surface area contributed by atoms with E-state index in [1.165, 1.54) is 12.1 Å². The van der Waals surface area contributed by atoms with Crippen LogP contribution in [0, 0.1) is 10.1 Å². The smallest absolute Gasteiger partial charge is 0.290 e. The largest absolute Gasteiger partial charge is 0.494 e. The summed E-state index contributed by atoms with van der Waals surface area (Å²) in [4.78, 5) is 31.3. The van der Waals surface area contributed by atoms with Crippen LogP contribution in [0.1, 0.15) is 27.6 Å². The van der Waals surface area contributed by atoms with Crippen LogP contribution in [-0.2, 0) is 0 Å². The maximum atomic E-state index is 10.7. The topological polar surface area (TPSA) is 86.5 Å². The van der Waals surface area contributed by atoms with Crippen molar-refractivity contribution in [3.63, 3.8) is 0 Å². The molecule has 1 aromatic rings. The summed E-state index contributed by atoms with van der Waals surface area (Å²) in [5.41, 5.74) is -0.829. The third-order valence-electron chi connectivity index (χ3n) is 1.89. The lowest BCUT2D eigenvalue weighted by Gasteiger charge is -2.05. The molecule has 1 aromatic carbocycles. The van der Waals surface area contributed by atoms with Crippen LogP contribution in [0.2, 0.25) is 0 Å². The van der Waals surface area contributed by atoms with E-state index in [1.807, 2.05) is 0 Å². The molecule has 0 fully saturated rings. The molecule has 0 radical (unpaired) electrons. The maximum absolute atomic E-state index is 10.7. The van der Waals surface area contributed by atoms with Crippen LogP contribution in [0.3, 0.4) is 0 Å². The minimum atomic E-state index is -0.761. The fourth-order valence-electron chi connectivity index (χ4n) is 1.29. The summed E-state index contributed by atoms with van der Waals surface area (Å²) in [5, 5.41) is 10.7. The normalized spacial score (nSPS) is 9.56. The van der Waals surface area contributed by atoms with E-state index in [9.17, 15) is 19.7 Å². The van der Waals surface area contributed by atoms with Crippen LogP contribution >= 0.6 is 0 Å². The zero-order valence-electron chi connectivity index (χ0n) is 8.50. The Kier molecular flexibility index (Phi) is 3.71. The fraction of sp³-hybridized carbons (Fsp3) is 0.200. The highest BCUT2D eigenvalue weighted by molar-refractivity contribution is 5.92. The van der Waals surface area contributed by atoms with Crippen molar-refractivity contribution < 1.29 is 19.2 Å². The molecule has 0 aliphatic heterocycles. The molecule has 0 aliphatic rings. The third-order valence-corrected chi connectivity index (χ3v) is 1.89. The molecule has 0 spiro atoms. The Morgan fingerprint density at radius 1 is 1.31 bits per heavy atom. The first-order valence-corrected chi connectivity index (χ1v) is 4.49. The summed E-state index contributed by atoms with van der Waals surface area (Å²) in [7, 11) is 0. The van der Waals surface area contributed by atoms with Gasteiger partial charge in [-0.1, -0.05) is 0 Å². The second kappa shape index (κ2) is 5.01. The number of ether oxygens (including phenoxy) is 1. The number of carbonyl (C=O) groups excluding carboxylic acids is 2. The van der Waals surface area contributed by atoms with Crippen molar-refractivity contribution in [2.45, 2.75) is 6.92 Å². The van der Waals surface area contributed by atoms with Gasteiger partial charge in [-0.3, -0.25) is 19.7 Å². The van der Waals surface area contributed by atoms with E-state index in [-0.39, 0.29) is 16.9 Å². The number of nitrogens with zero attached hydrogens (tertiary/aromatic N) is 1. The van der Waals surface area contributed by atoms with Gasteiger partial charge in [0.25, 0.3) is 5.69 Å². The summed E-state index contributed by atoms with van der Waals surface area (Å²) < 4.78 is 5.09. The average Bonchev–Trinajstić information content (AvgIpc) is 2.27. The van der Waals surface area contributed by atoms with Crippen molar-refractivity contribution in [3.8, 4) is 5.75 Å². The molecule has 0 saturated carbocycles. The van der Waals surface area contributed by atoms with E-state index in [0.717, 1.165) is 0 Å². The molecular weight excluding hydrogens is 214 g/mol. The summed E-state index contributed by atoms with van der Waals surface area (Å²) >= 11 is 0. The number of hydrogen-bond acceptors (Lipinski definition) is 5. The number of aldehydes is 2. The number of nitro groups is 1. The minimum absolute atomic E-state index is 0.168. The molecule has 6 nitrogen and oxygen atoms in total. The van der Waals surface area contributed by atoms with Gasteiger partial charge >= 0.3 is 0 Å². The number of rotatable bonds is 5. The van der Waals surface area contributed by atoms with Crippen LogP contribution in [0.5, 0.6) is 5.75 Å². The molecular formula is C10H9NO5. The predicted molar refractivity (Wildman–Crippen MR) is 55.0 cm³/mol. The van der Waals surface area contributed by atoms with Crippen LogP contribution < -0.4 is 4.74 Å². The van der Waals surface area contributed by atoms with E-state index in [1.54, 1.807) is 6.92 Å². The lowest BCUT2D eigenvalue weighted by atomic mass is 10.1. The number of benzene rings is 1. The number of carbonyl (C=O) groups is 2. The van der Waals surface area contributed by atoms with Crippen LogP contribution in [-0.4, -0.2) is 24.1 Å². The third kappa shape index (κ3) is 2.22. The zero-order chi connectivity index (χ0) is 12.1. The summed E-state index contributed by atoms with van der Waals surface area (Å²) in [5.74, 6) is 0.261. The Balaban J connectivity index is 3.42. The first-order chi connectivity index (χ1) is 7.63. The molecule has 0 aromatic heterocycles.